The Hall–Kier alpha value is -4.24. The molecule has 0 fully saturated rings. The summed E-state index contributed by atoms with van der Waals surface area (Å²) in [5.41, 5.74) is 6.22. The number of methoxy groups -OCH3 is 1. The number of carbonyl (C=O) groups excluding carboxylic acids is 1. The molecule has 1 unspecified atom stereocenters. The summed E-state index contributed by atoms with van der Waals surface area (Å²) in [7, 11) is 1.58. The van der Waals surface area contributed by atoms with E-state index in [9.17, 15) is 4.79 Å². The molecule has 9 heteroatoms. The van der Waals surface area contributed by atoms with Gasteiger partial charge in [0.1, 0.15) is 23.5 Å². The summed E-state index contributed by atoms with van der Waals surface area (Å²) in [6, 6.07) is 17.2. The fraction of sp³-hybridized carbons (Fsp3) is 0.185. The van der Waals surface area contributed by atoms with Crippen LogP contribution in [0.1, 0.15) is 11.1 Å². The number of nitrogens with one attached hydrogen (secondary N) is 1. The second kappa shape index (κ2) is 9.09. The number of aryl methyl sites for hydroxylation is 1. The van der Waals surface area contributed by atoms with E-state index in [0.717, 1.165) is 48.7 Å². The molecule has 1 aliphatic rings. The third-order valence-electron chi connectivity index (χ3n) is 5.97. The lowest BCUT2D eigenvalue weighted by atomic mass is 10.1. The van der Waals surface area contributed by atoms with Crippen LogP contribution in [0.25, 0.3) is 31.8 Å². The van der Waals surface area contributed by atoms with Crippen LogP contribution < -0.4 is 14.8 Å². The number of hydrogen-bond donors (Lipinski definition) is 1. The first kappa shape index (κ1) is 22.2. The van der Waals surface area contributed by atoms with Gasteiger partial charge in [0.25, 0.3) is 0 Å². The van der Waals surface area contributed by atoms with Crippen molar-refractivity contribution in [3.05, 3.63) is 71.9 Å². The third kappa shape index (κ3) is 4.18. The molecule has 180 valence electrons. The van der Waals surface area contributed by atoms with E-state index in [1.54, 1.807) is 36.8 Å². The number of anilines is 1. The fourth-order valence-electron chi connectivity index (χ4n) is 4.34. The number of para-hydroxylation sites is 1. The molecule has 0 bridgehead atoms. The highest BCUT2D eigenvalue weighted by atomic mass is 32.1. The van der Waals surface area contributed by atoms with Crippen LogP contribution in [0.5, 0.6) is 11.6 Å². The number of nitrogens with zero attached hydrogens (tertiary/aromatic N) is 3. The number of aromatic nitrogens is 3. The molecular weight excluding hydrogens is 476 g/mol. The summed E-state index contributed by atoms with van der Waals surface area (Å²) >= 11 is 1.61. The van der Waals surface area contributed by atoms with Crippen LogP contribution in [-0.4, -0.2) is 40.9 Å². The lowest BCUT2D eigenvalue weighted by Gasteiger charge is -2.12. The van der Waals surface area contributed by atoms with Crippen LogP contribution >= 0.6 is 11.3 Å². The first-order valence-corrected chi connectivity index (χ1v) is 12.3. The van der Waals surface area contributed by atoms with E-state index in [1.807, 2.05) is 43.3 Å². The van der Waals surface area contributed by atoms with Crippen LogP contribution in [0.15, 0.2) is 60.8 Å². The first-order chi connectivity index (χ1) is 17.6. The van der Waals surface area contributed by atoms with Gasteiger partial charge in [0.15, 0.2) is 0 Å². The summed E-state index contributed by atoms with van der Waals surface area (Å²) in [5, 5.41) is 3.59. The molecule has 0 saturated carbocycles. The topological polar surface area (TPSA) is 95.5 Å². The van der Waals surface area contributed by atoms with E-state index in [1.165, 1.54) is 0 Å². The maximum Gasteiger partial charge on any atom is 0.411 e. The van der Waals surface area contributed by atoms with Gasteiger partial charge in [-0.25, -0.2) is 19.7 Å². The zero-order valence-electron chi connectivity index (χ0n) is 19.6. The highest BCUT2D eigenvalue weighted by Crippen LogP contribution is 2.41. The minimum Gasteiger partial charge on any atom is -0.486 e. The Bertz CT molecular complexity index is 1600. The van der Waals surface area contributed by atoms with Gasteiger partial charge in [0.05, 0.1) is 34.6 Å². The predicted octanol–water partition coefficient (Wildman–Crippen LogP) is 5.78. The van der Waals surface area contributed by atoms with E-state index in [0.29, 0.717) is 18.0 Å². The fourth-order valence-corrected chi connectivity index (χ4v) is 5.47. The summed E-state index contributed by atoms with van der Waals surface area (Å²) in [6.07, 6.45) is 1.50. The Morgan fingerprint density at radius 3 is 2.83 bits per heavy atom. The second-order valence-electron chi connectivity index (χ2n) is 8.54. The number of ether oxygens (including phenoxy) is 3. The molecule has 5 aromatic rings. The quantitative estimate of drug-likeness (QED) is 0.328. The first-order valence-electron chi connectivity index (χ1n) is 11.5. The molecule has 0 radical (unpaired) electrons. The number of carbonyl (C=O) groups is 1. The zero-order valence-corrected chi connectivity index (χ0v) is 20.5. The van der Waals surface area contributed by atoms with Crippen LogP contribution in [0, 0.1) is 6.92 Å². The number of hydrogen-bond acceptors (Lipinski definition) is 8. The standard InChI is InChI=1S/C27H22N4O4S/c1-15-10-19(24-21(11-15)30-23(33-2)13-28-24)26-31-20-8-9-22-18(25(20)36-26)12-17(35-22)14-34-27(32)29-16-6-4-3-5-7-16/h3-11,13,17H,12,14H2,1-2H3,(H,29,32). The molecule has 1 amide bonds. The summed E-state index contributed by atoms with van der Waals surface area (Å²) in [5.74, 6) is 1.28. The van der Waals surface area contributed by atoms with E-state index >= 15 is 0 Å². The van der Waals surface area contributed by atoms with Crippen molar-refractivity contribution in [1.29, 1.82) is 0 Å². The minimum absolute atomic E-state index is 0.153. The Morgan fingerprint density at radius 1 is 1.14 bits per heavy atom. The number of thiazole rings is 1. The van der Waals surface area contributed by atoms with Crippen molar-refractivity contribution in [3.8, 4) is 22.2 Å². The number of benzene rings is 3. The van der Waals surface area contributed by atoms with Gasteiger partial charge in [-0.15, -0.1) is 11.3 Å². The number of rotatable bonds is 5. The number of amides is 1. The molecule has 1 atom stereocenters. The Kier molecular flexibility index (Phi) is 5.61. The lowest BCUT2D eigenvalue weighted by Crippen LogP contribution is -2.25. The van der Waals surface area contributed by atoms with Crippen molar-refractivity contribution in [3.63, 3.8) is 0 Å². The SMILES string of the molecule is COc1cnc2c(-c3nc4ccc5c(c4s3)CC(COC(=O)Nc3ccccc3)O5)cc(C)cc2n1. The normalized spacial score (nSPS) is 14.4. The lowest BCUT2D eigenvalue weighted by molar-refractivity contribution is 0.102. The number of fused-ring (bicyclic) bond motifs is 4. The van der Waals surface area contributed by atoms with Gasteiger partial charge in [-0.1, -0.05) is 18.2 Å². The van der Waals surface area contributed by atoms with Gasteiger partial charge < -0.3 is 14.2 Å². The summed E-state index contributed by atoms with van der Waals surface area (Å²) in [4.78, 5) is 26.2. The Labute approximate surface area is 210 Å². The zero-order chi connectivity index (χ0) is 24.6. The van der Waals surface area contributed by atoms with Gasteiger partial charge in [0.2, 0.25) is 5.88 Å². The largest absolute Gasteiger partial charge is 0.486 e. The van der Waals surface area contributed by atoms with Crippen molar-refractivity contribution < 1.29 is 19.0 Å². The molecule has 1 aliphatic heterocycles. The van der Waals surface area contributed by atoms with Crippen molar-refractivity contribution in [1.82, 2.24) is 15.0 Å². The Balaban J connectivity index is 1.24. The molecule has 6 rings (SSSR count). The molecule has 0 spiro atoms. The van der Waals surface area contributed by atoms with Crippen molar-refractivity contribution in [2.75, 3.05) is 19.0 Å². The van der Waals surface area contributed by atoms with E-state index in [4.69, 9.17) is 19.2 Å². The molecule has 1 N–H and O–H groups in total. The predicted molar refractivity (Wildman–Crippen MR) is 139 cm³/mol. The van der Waals surface area contributed by atoms with Crippen LogP contribution in [0.4, 0.5) is 10.5 Å². The smallest absolute Gasteiger partial charge is 0.411 e. The highest BCUT2D eigenvalue weighted by molar-refractivity contribution is 7.22. The average Bonchev–Trinajstić information content (AvgIpc) is 3.51. The maximum absolute atomic E-state index is 12.2. The molecule has 0 saturated heterocycles. The van der Waals surface area contributed by atoms with Gasteiger partial charge in [-0.05, 0) is 48.9 Å². The van der Waals surface area contributed by atoms with Crippen LogP contribution in [0.2, 0.25) is 0 Å². The average molecular weight is 499 g/mol. The van der Waals surface area contributed by atoms with Crippen LogP contribution in [-0.2, 0) is 11.2 Å². The summed E-state index contributed by atoms with van der Waals surface area (Å²) in [6.45, 7) is 2.18. The maximum atomic E-state index is 12.2. The van der Waals surface area contributed by atoms with Gasteiger partial charge >= 0.3 is 6.09 Å². The van der Waals surface area contributed by atoms with Crippen LogP contribution in [0.3, 0.4) is 0 Å². The molecule has 2 aromatic heterocycles. The van der Waals surface area contributed by atoms with Crippen molar-refractivity contribution >= 4 is 44.4 Å². The Morgan fingerprint density at radius 2 is 2.00 bits per heavy atom. The molecule has 0 aliphatic carbocycles. The molecule has 8 nitrogen and oxygen atoms in total. The van der Waals surface area contributed by atoms with Gasteiger partial charge in [-0.2, -0.15) is 0 Å². The molecule has 36 heavy (non-hydrogen) atoms. The summed E-state index contributed by atoms with van der Waals surface area (Å²) < 4.78 is 17.8. The van der Waals surface area contributed by atoms with Gasteiger partial charge in [0, 0.05) is 23.2 Å². The van der Waals surface area contributed by atoms with E-state index in [2.05, 4.69) is 21.4 Å². The highest BCUT2D eigenvalue weighted by Gasteiger charge is 2.28. The third-order valence-corrected chi connectivity index (χ3v) is 7.14. The second-order valence-corrected chi connectivity index (χ2v) is 9.53. The van der Waals surface area contributed by atoms with Crippen molar-refractivity contribution in [2.45, 2.75) is 19.4 Å². The molecule has 3 aromatic carbocycles. The minimum atomic E-state index is -0.505. The van der Waals surface area contributed by atoms with Gasteiger partial charge in [-0.3, -0.25) is 5.32 Å². The van der Waals surface area contributed by atoms with E-state index in [-0.39, 0.29) is 12.7 Å². The molecule has 3 heterocycles. The van der Waals surface area contributed by atoms with Crippen molar-refractivity contribution in [2.24, 2.45) is 0 Å². The van der Waals surface area contributed by atoms with E-state index < -0.39 is 6.09 Å². The monoisotopic (exact) mass is 498 g/mol. The molecular formula is C27H22N4O4S.